The first-order valence-corrected chi connectivity index (χ1v) is 10.6. The van der Waals surface area contributed by atoms with E-state index >= 15 is 0 Å². The Hall–Kier alpha value is -0.760. The molecular formula is C15H10F3I2NO3S. The van der Waals surface area contributed by atoms with Crippen LogP contribution in [0.25, 0.3) is 0 Å². The molecule has 0 amide bonds. The van der Waals surface area contributed by atoms with Crippen molar-refractivity contribution in [2.75, 3.05) is 0 Å². The molecule has 0 aliphatic carbocycles. The van der Waals surface area contributed by atoms with Crippen LogP contribution in [0.1, 0.15) is 11.1 Å². The highest BCUT2D eigenvalue weighted by Crippen LogP contribution is 2.36. The van der Waals surface area contributed by atoms with Crippen molar-refractivity contribution in [2.45, 2.75) is 25.0 Å². The molecule has 0 bridgehead atoms. The van der Waals surface area contributed by atoms with E-state index in [1.165, 1.54) is 36.0 Å². The molecule has 2 rings (SSSR count). The Balaban J connectivity index is 2.27. The number of ether oxygens (including phenoxy) is 1. The van der Waals surface area contributed by atoms with Crippen molar-refractivity contribution in [3.8, 4) is 5.75 Å². The first-order chi connectivity index (χ1) is 11.7. The standard InChI is InChI=1S/C15H10F3I2NO3S/c16-15(17,18)24-11-1-3-12(4-2-11)25-13-5-9(7-19)14(21(22)23)10(6-13)8-20/h1-6H,7-8H2. The summed E-state index contributed by atoms with van der Waals surface area (Å²) in [6, 6.07) is 8.98. The molecule has 0 saturated heterocycles. The Morgan fingerprint density at radius 2 is 1.56 bits per heavy atom. The lowest BCUT2D eigenvalue weighted by molar-refractivity contribution is -0.386. The molecule has 2 aromatic carbocycles. The number of alkyl halides is 5. The van der Waals surface area contributed by atoms with Crippen LogP contribution in [0.4, 0.5) is 18.9 Å². The summed E-state index contributed by atoms with van der Waals surface area (Å²) in [7, 11) is 0. The lowest BCUT2D eigenvalue weighted by Gasteiger charge is -2.10. The Morgan fingerprint density at radius 1 is 1.04 bits per heavy atom. The van der Waals surface area contributed by atoms with Crippen LogP contribution in [0, 0.1) is 10.1 Å². The lowest BCUT2D eigenvalue weighted by Crippen LogP contribution is -2.16. The average Bonchev–Trinajstić information content (AvgIpc) is 2.54. The molecule has 0 fully saturated rings. The smallest absolute Gasteiger partial charge is 0.406 e. The van der Waals surface area contributed by atoms with Crippen LogP contribution in [0.15, 0.2) is 46.2 Å². The number of hydrogen-bond acceptors (Lipinski definition) is 4. The monoisotopic (exact) mass is 595 g/mol. The predicted octanol–water partition coefficient (Wildman–Crippen LogP) is 6.51. The normalized spacial score (nSPS) is 11.4. The summed E-state index contributed by atoms with van der Waals surface area (Å²) in [5.74, 6) is -0.290. The maximum Gasteiger partial charge on any atom is 0.573 e. The maximum absolute atomic E-state index is 12.2. The fourth-order valence-electron chi connectivity index (χ4n) is 2.07. The van der Waals surface area contributed by atoms with Gasteiger partial charge in [-0.15, -0.1) is 13.2 Å². The van der Waals surface area contributed by atoms with Gasteiger partial charge in [-0.3, -0.25) is 10.1 Å². The van der Waals surface area contributed by atoms with Crippen LogP contribution in [0.5, 0.6) is 5.75 Å². The molecule has 134 valence electrons. The van der Waals surface area contributed by atoms with Crippen LogP contribution in [0.3, 0.4) is 0 Å². The average molecular weight is 595 g/mol. The zero-order valence-electron chi connectivity index (χ0n) is 12.3. The van der Waals surface area contributed by atoms with Gasteiger partial charge in [-0.05, 0) is 36.4 Å². The molecule has 4 nitrogen and oxygen atoms in total. The van der Waals surface area contributed by atoms with Crippen molar-refractivity contribution in [3.05, 3.63) is 57.6 Å². The molecule has 0 aromatic heterocycles. The molecule has 0 heterocycles. The summed E-state index contributed by atoms with van der Waals surface area (Å²) in [5.41, 5.74) is 1.38. The third-order valence-electron chi connectivity index (χ3n) is 3.00. The molecule has 0 unspecified atom stereocenters. The Morgan fingerprint density at radius 3 is 1.96 bits per heavy atom. The lowest BCUT2D eigenvalue weighted by atomic mass is 10.1. The minimum atomic E-state index is -4.72. The van der Waals surface area contributed by atoms with Crippen molar-refractivity contribution in [3.63, 3.8) is 0 Å². The number of nitro groups is 1. The van der Waals surface area contributed by atoms with E-state index in [0.29, 0.717) is 24.9 Å². The summed E-state index contributed by atoms with van der Waals surface area (Å²) in [6.07, 6.45) is -4.72. The second-order valence-corrected chi connectivity index (χ2v) is 7.41. The Bertz CT molecular complexity index is 745. The number of nitrogens with zero attached hydrogens (tertiary/aromatic N) is 1. The third-order valence-corrected chi connectivity index (χ3v) is 5.63. The van der Waals surface area contributed by atoms with Gasteiger partial charge >= 0.3 is 6.36 Å². The van der Waals surface area contributed by atoms with Crippen LogP contribution in [0.2, 0.25) is 0 Å². The van der Waals surface area contributed by atoms with Crippen molar-refractivity contribution in [2.24, 2.45) is 0 Å². The van der Waals surface area contributed by atoms with Crippen LogP contribution in [-0.2, 0) is 8.86 Å². The van der Waals surface area contributed by atoms with Gasteiger partial charge in [0.2, 0.25) is 0 Å². The van der Waals surface area contributed by atoms with Crippen molar-refractivity contribution in [1.82, 2.24) is 0 Å². The van der Waals surface area contributed by atoms with E-state index in [4.69, 9.17) is 0 Å². The van der Waals surface area contributed by atoms with Gasteiger partial charge in [-0.1, -0.05) is 56.9 Å². The van der Waals surface area contributed by atoms with Crippen LogP contribution < -0.4 is 4.74 Å². The van der Waals surface area contributed by atoms with Crippen molar-refractivity contribution >= 4 is 62.6 Å². The Labute approximate surface area is 172 Å². The fraction of sp³-hybridized carbons (Fsp3) is 0.200. The van der Waals surface area contributed by atoms with Crippen LogP contribution >= 0.6 is 56.9 Å². The number of hydrogen-bond donors (Lipinski definition) is 0. The second kappa shape index (κ2) is 8.75. The maximum atomic E-state index is 12.2. The van der Waals surface area contributed by atoms with E-state index in [1.54, 1.807) is 12.1 Å². The van der Waals surface area contributed by atoms with Gasteiger partial charge in [0.05, 0.1) is 4.92 Å². The second-order valence-electron chi connectivity index (χ2n) is 4.74. The van der Waals surface area contributed by atoms with Gasteiger partial charge in [0.25, 0.3) is 5.69 Å². The highest BCUT2D eigenvalue weighted by Gasteiger charge is 2.31. The molecule has 2 aromatic rings. The van der Waals surface area contributed by atoms with E-state index in [0.717, 1.165) is 4.90 Å². The molecule has 0 atom stereocenters. The van der Waals surface area contributed by atoms with E-state index < -0.39 is 6.36 Å². The molecule has 25 heavy (non-hydrogen) atoms. The van der Waals surface area contributed by atoms with Crippen LogP contribution in [-0.4, -0.2) is 11.3 Å². The minimum Gasteiger partial charge on any atom is -0.406 e. The number of rotatable bonds is 6. The highest BCUT2D eigenvalue weighted by atomic mass is 127. The SMILES string of the molecule is O=[N+]([O-])c1c(CI)cc(Sc2ccc(OC(F)(F)F)cc2)cc1CI. The first kappa shape index (κ1) is 20.6. The molecule has 10 heteroatoms. The Kier molecular flexibility index (Phi) is 7.19. The van der Waals surface area contributed by atoms with E-state index in [1.807, 2.05) is 0 Å². The molecule has 0 aliphatic rings. The van der Waals surface area contributed by atoms with Crippen molar-refractivity contribution in [1.29, 1.82) is 0 Å². The molecule has 0 radical (unpaired) electrons. The summed E-state index contributed by atoms with van der Waals surface area (Å²) in [5, 5.41) is 11.3. The molecule has 0 saturated carbocycles. The van der Waals surface area contributed by atoms with Gasteiger partial charge in [0.15, 0.2) is 0 Å². The van der Waals surface area contributed by atoms with Gasteiger partial charge < -0.3 is 4.74 Å². The minimum absolute atomic E-state index is 0.127. The quantitative estimate of drug-likeness (QED) is 0.165. The number of halogens is 5. The van der Waals surface area contributed by atoms with Gasteiger partial charge in [0, 0.05) is 29.8 Å². The number of benzene rings is 2. The van der Waals surface area contributed by atoms with Crippen molar-refractivity contribution < 1.29 is 22.8 Å². The summed E-state index contributed by atoms with van der Waals surface area (Å²) < 4.78 is 41.3. The zero-order chi connectivity index (χ0) is 18.6. The molecule has 0 aliphatic heterocycles. The van der Waals surface area contributed by atoms with E-state index in [2.05, 4.69) is 49.9 Å². The molecule has 0 N–H and O–H groups in total. The largest absolute Gasteiger partial charge is 0.573 e. The predicted molar refractivity (Wildman–Crippen MR) is 106 cm³/mol. The van der Waals surface area contributed by atoms with Gasteiger partial charge in [0.1, 0.15) is 5.75 Å². The number of nitro benzene ring substituents is 1. The van der Waals surface area contributed by atoms with E-state index in [-0.39, 0.29) is 16.4 Å². The third kappa shape index (κ3) is 5.88. The summed E-state index contributed by atoms with van der Waals surface area (Å²) in [4.78, 5) is 12.4. The molecular weight excluding hydrogens is 585 g/mol. The highest BCUT2D eigenvalue weighted by molar-refractivity contribution is 14.1. The van der Waals surface area contributed by atoms with E-state index in [9.17, 15) is 23.3 Å². The van der Waals surface area contributed by atoms with Gasteiger partial charge in [-0.2, -0.15) is 0 Å². The summed E-state index contributed by atoms with van der Waals surface area (Å²) >= 11 is 5.47. The van der Waals surface area contributed by atoms with Gasteiger partial charge in [-0.25, -0.2) is 0 Å². The zero-order valence-corrected chi connectivity index (χ0v) is 17.5. The fourth-order valence-corrected chi connectivity index (χ4v) is 4.18. The summed E-state index contributed by atoms with van der Waals surface area (Å²) in [6.45, 7) is 0. The molecule has 0 spiro atoms. The topological polar surface area (TPSA) is 52.4 Å². The first-order valence-electron chi connectivity index (χ1n) is 6.69.